The van der Waals surface area contributed by atoms with Crippen molar-refractivity contribution in [3.05, 3.63) is 22.7 Å². The second kappa shape index (κ2) is 7.46. The van der Waals surface area contributed by atoms with E-state index in [0.717, 1.165) is 13.0 Å². The summed E-state index contributed by atoms with van der Waals surface area (Å²) in [5.74, 6) is 1.12. The van der Waals surface area contributed by atoms with E-state index < -0.39 is 0 Å². The Morgan fingerprint density at radius 1 is 1.33 bits per heavy atom. The maximum Gasteiger partial charge on any atom is 0.166 e. The van der Waals surface area contributed by atoms with E-state index in [-0.39, 0.29) is 6.61 Å². The summed E-state index contributed by atoms with van der Waals surface area (Å²) in [4.78, 5) is 2.09. The number of methoxy groups -OCH3 is 1. The van der Waals surface area contributed by atoms with Crippen molar-refractivity contribution in [1.82, 2.24) is 4.90 Å². The Balaban J connectivity index is 2.73. The molecule has 1 aromatic rings. The average Bonchev–Trinajstić information content (AvgIpc) is 2.34. The zero-order valence-corrected chi connectivity index (χ0v) is 11.8. The fourth-order valence-electron chi connectivity index (χ4n) is 1.61. The SMILES string of the molecule is COc1cc(Cl)cc(CO)c1OCCCN(C)C. The topological polar surface area (TPSA) is 41.9 Å². The quantitative estimate of drug-likeness (QED) is 0.773. The number of aliphatic hydroxyl groups excluding tert-OH is 1. The molecule has 0 aromatic heterocycles. The van der Waals surface area contributed by atoms with E-state index >= 15 is 0 Å². The molecule has 0 radical (unpaired) electrons. The largest absolute Gasteiger partial charge is 0.493 e. The van der Waals surface area contributed by atoms with Gasteiger partial charge < -0.3 is 19.5 Å². The molecule has 0 saturated carbocycles. The Morgan fingerprint density at radius 3 is 2.61 bits per heavy atom. The summed E-state index contributed by atoms with van der Waals surface area (Å²) in [7, 11) is 5.59. The second-order valence-electron chi connectivity index (χ2n) is 4.26. The molecule has 0 atom stereocenters. The summed E-state index contributed by atoms with van der Waals surface area (Å²) in [5.41, 5.74) is 0.643. The standard InChI is InChI=1S/C13H20ClNO3/c1-15(2)5-4-6-18-13-10(9-16)7-11(14)8-12(13)17-3/h7-8,16H,4-6,9H2,1-3H3. The highest BCUT2D eigenvalue weighted by atomic mass is 35.5. The molecule has 102 valence electrons. The van der Waals surface area contributed by atoms with Crippen LogP contribution in [0.25, 0.3) is 0 Å². The minimum Gasteiger partial charge on any atom is -0.493 e. The van der Waals surface area contributed by atoms with Crippen molar-refractivity contribution < 1.29 is 14.6 Å². The van der Waals surface area contributed by atoms with E-state index in [1.807, 2.05) is 14.1 Å². The number of halogens is 1. The normalized spacial score (nSPS) is 10.8. The number of rotatable bonds is 7. The van der Waals surface area contributed by atoms with Crippen LogP contribution in [0, 0.1) is 0 Å². The van der Waals surface area contributed by atoms with Crippen LogP contribution in [0.5, 0.6) is 11.5 Å². The monoisotopic (exact) mass is 273 g/mol. The molecule has 0 amide bonds. The molecule has 0 unspecified atom stereocenters. The van der Waals surface area contributed by atoms with Gasteiger partial charge in [-0.25, -0.2) is 0 Å². The van der Waals surface area contributed by atoms with Gasteiger partial charge in [0.15, 0.2) is 11.5 Å². The van der Waals surface area contributed by atoms with Gasteiger partial charge in [-0.05, 0) is 26.6 Å². The summed E-state index contributed by atoms with van der Waals surface area (Å²) in [6.07, 6.45) is 0.906. The van der Waals surface area contributed by atoms with Crippen molar-refractivity contribution >= 4 is 11.6 Å². The molecule has 1 rings (SSSR count). The van der Waals surface area contributed by atoms with E-state index in [1.165, 1.54) is 0 Å². The van der Waals surface area contributed by atoms with Crippen molar-refractivity contribution in [2.75, 3.05) is 34.4 Å². The van der Waals surface area contributed by atoms with Crippen LogP contribution in [0.3, 0.4) is 0 Å². The van der Waals surface area contributed by atoms with Gasteiger partial charge in [0.05, 0.1) is 20.3 Å². The number of hydrogen-bond acceptors (Lipinski definition) is 4. The zero-order valence-electron chi connectivity index (χ0n) is 11.1. The predicted molar refractivity (Wildman–Crippen MR) is 72.6 cm³/mol. The minimum absolute atomic E-state index is 0.125. The lowest BCUT2D eigenvalue weighted by atomic mass is 10.2. The first kappa shape index (κ1) is 15.1. The van der Waals surface area contributed by atoms with E-state index in [2.05, 4.69) is 4.90 Å². The van der Waals surface area contributed by atoms with E-state index in [1.54, 1.807) is 19.2 Å². The molecule has 0 heterocycles. The van der Waals surface area contributed by atoms with Gasteiger partial charge >= 0.3 is 0 Å². The van der Waals surface area contributed by atoms with Crippen molar-refractivity contribution in [2.24, 2.45) is 0 Å². The molecule has 0 spiro atoms. The molecule has 18 heavy (non-hydrogen) atoms. The van der Waals surface area contributed by atoms with Crippen LogP contribution < -0.4 is 9.47 Å². The molecule has 0 aliphatic rings. The highest BCUT2D eigenvalue weighted by Gasteiger charge is 2.12. The molecule has 0 aliphatic heterocycles. The van der Waals surface area contributed by atoms with Crippen molar-refractivity contribution in [3.63, 3.8) is 0 Å². The minimum atomic E-state index is -0.125. The Kier molecular flexibility index (Phi) is 6.25. The van der Waals surface area contributed by atoms with Crippen LogP contribution >= 0.6 is 11.6 Å². The Hall–Kier alpha value is -0.970. The van der Waals surface area contributed by atoms with Gasteiger partial charge in [0, 0.05) is 23.2 Å². The molecule has 0 bridgehead atoms. The smallest absolute Gasteiger partial charge is 0.166 e. The molecule has 1 aromatic carbocycles. The Bertz CT molecular complexity index is 357. The predicted octanol–water partition coefficient (Wildman–Crippen LogP) is 2.17. The van der Waals surface area contributed by atoms with Gasteiger partial charge in [-0.2, -0.15) is 0 Å². The summed E-state index contributed by atoms with van der Waals surface area (Å²) in [6.45, 7) is 1.40. The summed E-state index contributed by atoms with van der Waals surface area (Å²) in [5, 5.41) is 9.83. The molecular weight excluding hydrogens is 254 g/mol. The maximum absolute atomic E-state index is 9.31. The third-order valence-electron chi connectivity index (χ3n) is 2.48. The summed E-state index contributed by atoms with van der Waals surface area (Å²) < 4.78 is 10.9. The molecule has 5 heteroatoms. The lowest BCUT2D eigenvalue weighted by molar-refractivity contribution is 0.244. The van der Waals surface area contributed by atoms with Gasteiger partial charge in [0.25, 0.3) is 0 Å². The third kappa shape index (κ3) is 4.37. The number of nitrogens with zero attached hydrogens (tertiary/aromatic N) is 1. The van der Waals surface area contributed by atoms with Gasteiger partial charge in [-0.1, -0.05) is 11.6 Å². The van der Waals surface area contributed by atoms with Crippen molar-refractivity contribution in [2.45, 2.75) is 13.0 Å². The molecule has 0 saturated heterocycles. The maximum atomic E-state index is 9.31. The lowest BCUT2D eigenvalue weighted by Crippen LogP contribution is -2.16. The van der Waals surface area contributed by atoms with E-state index in [0.29, 0.717) is 28.7 Å². The molecule has 4 nitrogen and oxygen atoms in total. The summed E-state index contributed by atoms with van der Waals surface area (Å²) in [6, 6.07) is 3.37. The highest BCUT2D eigenvalue weighted by Crippen LogP contribution is 2.34. The first-order chi connectivity index (χ1) is 8.58. The molecule has 1 N–H and O–H groups in total. The Morgan fingerprint density at radius 2 is 2.06 bits per heavy atom. The zero-order chi connectivity index (χ0) is 13.5. The van der Waals surface area contributed by atoms with Crippen LogP contribution in [0.15, 0.2) is 12.1 Å². The number of aliphatic hydroxyl groups is 1. The van der Waals surface area contributed by atoms with Crippen LogP contribution in [0.2, 0.25) is 5.02 Å². The third-order valence-corrected chi connectivity index (χ3v) is 2.70. The van der Waals surface area contributed by atoms with E-state index in [9.17, 15) is 5.11 Å². The average molecular weight is 274 g/mol. The van der Waals surface area contributed by atoms with Crippen LogP contribution in [-0.4, -0.2) is 44.4 Å². The molecule has 0 aliphatic carbocycles. The molecular formula is C13H20ClNO3. The van der Waals surface area contributed by atoms with Crippen molar-refractivity contribution in [1.29, 1.82) is 0 Å². The second-order valence-corrected chi connectivity index (χ2v) is 4.70. The van der Waals surface area contributed by atoms with Crippen LogP contribution in [0.4, 0.5) is 0 Å². The van der Waals surface area contributed by atoms with Gasteiger partial charge in [-0.3, -0.25) is 0 Å². The van der Waals surface area contributed by atoms with Gasteiger partial charge in [-0.15, -0.1) is 0 Å². The van der Waals surface area contributed by atoms with Gasteiger partial charge in [0.1, 0.15) is 0 Å². The van der Waals surface area contributed by atoms with Crippen LogP contribution in [-0.2, 0) is 6.61 Å². The lowest BCUT2D eigenvalue weighted by Gasteiger charge is -2.15. The summed E-state index contributed by atoms with van der Waals surface area (Å²) >= 11 is 5.93. The van der Waals surface area contributed by atoms with Crippen LogP contribution in [0.1, 0.15) is 12.0 Å². The highest BCUT2D eigenvalue weighted by molar-refractivity contribution is 6.30. The van der Waals surface area contributed by atoms with Crippen molar-refractivity contribution in [3.8, 4) is 11.5 Å². The number of benzene rings is 1. The molecule has 0 fully saturated rings. The van der Waals surface area contributed by atoms with Gasteiger partial charge in [0.2, 0.25) is 0 Å². The first-order valence-electron chi connectivity index (χ1n) is 5.83. The Labute approximate surface area is 113 Å². The fraction of sp³-hybridized carbons (Fsp3) is 0.538. The van der Waals surface area contributed by atoms with E-state index in [4.69, 9.17) is 21.1 Å². The number of hydrogen-bond donors (Lipinski definition) is 1. The fourth-order valence-corrected chi connectivity index (χ4v) is 1.84. The first-order valence-corrected chi connectivity index (χ1v) is 6.21. The number of ether oxygens (including phenoxy) is 2.